The lowest BCUT2D eigenvalue weighted by Gasteiger charge is -2.25. The van der Waals surface area contributed by atoms with Crippen LogP contribution in [0.15, 0.2) is 24.3 Å². The summed E-state index contributed by atoms with van der Waals surface area (Å²) >= 11 is 0. The van der Waals surface area contributed by atoms with Crippen molar-refractivity contribution in [3.63, 3.8) is 0 Å². The van der Waals surface area contributed by atoms with Gasteiger partial charge in [0.2, 0.25) is 10.0 Å². The minimum Gasteiger partial charge on any atom is -0.313 e. The first-order valence-corrected chi connectivity index (χ1v) is 9.28. The predicted octanol–water partition coefficient (Wildman–Crippen LogP) is 2.40. The van der Waals surface area contributed by atoms with Gasteiger partial charge < -0.3 is 5.32 Å². The van der Waals surface area contributed by atoms with E-state index in [1.807, 2.05) is 38.1 Å². The number of benzene rings is 1. The number of hydrogen-bond acceptors (Lipinski definition) is 3. The summed E-state index contributed by atoms with van der Waals surface area (Å²) in [4.78, 5) is 0. The summed E-state index contributed by atoms with van der Waals surface area (Å²) in [5.74, 6) is 0.524. The van der Waals surface area contributed by atoms with Gasteiger partial charge >= 0.3 is 0 Å². The maximum absolute atomic E-state index is 12.3. The average Bonchev–Trinajstić information content (AvgIpc) is 3.19. The van der Waals surface area contributed by atoms with Crippen molar-refractivity contribution < 1.29 is 8.42 Å². The zero-order valence-corrected chi connectivity index (χ0v) is 14.0. The molecule has 21 heavy (non-hydrogen) atoms. The van der Waals surface area contributed by atoms with Gasteiger partial charge in [-0.25, -0.2) is 13.1 Å². The fraction of sp³-hybridized carbons (Fsp3) is 0.625. The summed E-state index contributed by atoms with van der Waals surface area (Å²) < 4.78 is 27.6. The third-order valence-electron chi connectivity index (χ3n) is 3.94. The predicted molar refractivity (Wildman–Crippen MR) is 86.4 cm³/mol. The molecule has 1 aromatic rings. The van der Waals surface area contributed by atoms with Crippen LogP contribution in [0, 0.1) is 5.92 Å². The van der Waals surface area contributed by atoms with Crippen LogP contribution in [-0.2, 0) is 22.3 Å². The summed E-state index contributed by atoms with van der Waals surface area (Å²) in [5, 5.41) is 3.25. The normalized spacial score (nSPS) is 16.1. The molecule has 0 heterocycles. The Hall–Kier alpha value is -0.910. The fourth-order valence-corrected chi connectivity index (χ4v) is 4.30. The van der Waals surface area contributed by atoms with Gasteiger partial charge in [-0.15, -0.1) is 0 Å². The molecule has 0 unspecified atom stereocenters. The molecule has 4 nitrogen and oxygen atoms in total. The highest BCUT2D eigenvalue weighted by molar-refractivity contribution is 7.88. The average molecular weight is 310 g/mol. The van der Waals surface area contributed by atoms with Crippen molar-refractivity contribution in [1.29, 1.82) is 0 Å². The van der Waals surface area contributed by atoms with Gasteiger partial charge in [0.15, 0.2) is 0 Å². The zero-order chi connectivity index (χ0) is 15.5. The van der Waals surface area contributed by atoms with E-state index in [1.165, 1.54) is 0 Å². The SMILES string of the molecule is CCNCc1cccc(CS(=O)(=O)NC(C)(C)C2CC2)c1. The first-order chi connectivity index (χ1) is 9.82. The third kappa shape index (κ3) is 5.09. The molecule has 0 spiro atoms. The summed E-state index contributed by atoms with van der Waals surface area (Å²) in [6, 6.07) is 7.77. The van der Waals surface area contributed by atoms with E-state index in [9.17, 15) is 8.42 Å². The van der Waals surface area contributed by atoms with E-state index in [1.54, 1.807) is 0 Å². The van der Waals surface area contributed by atoms with E-state index in [4.69, 9.17) is 0 Å². The minimum absolute atomic E-state index is 0.0448. The molecule has 0 amide bonds. The Morgan fingerprint density at radius 3 is 2.52 bits per heavy atom. The third-order valence-corrected chi connectivity index (χ3v) is 5.49. The van der Waals surface area contributed by atoms with Crippen LogP contribution in [-0.4, -0.2) is 20.5 Å². The van der Waals surface area contributed by atoms with Crippen LogP contribution in [0.1, 0.15) is 44.7 Å². The molecule has 0 bridgehead atoms. The second kappa shape index (κ2) is 6.46. The van der Waals surface area contributed by atoms with Crippen molar-refractivity contribution >= 4 is 10.0 Å². The molecule has 1 fully saturated rings. The molecule has 0 aliphatic heterocycles. The van der Waals surface area contributed by atoms with Crippen LogP contribution >= 0.6 is 0 Å². The quantitative estimate of drug-likeness (QED) is 0.775. The van der Waals surface area contributed by atoms with Crippen molar-refractivity contribution in [2.24, 2.45) is 5.92 Å². The topological polar surface area (TPSA) is 58.2 Å². The van der Waals surface area contributed by atoms with Crippen LogP contribution in [0.2, 0.25) is 0 Å². The second-order valence-corrected chi connectivity index (χ2v) is 8.18. The van der Waals surface area contributed by atoms with Gasteiger partial charge in [0.1, 0.15) is 0 Å². The number of hydrogen-bond donors (Lipinski definition) is 2. The Labute approximate surface area is 128 Å². The van der Waals surface area contributed by atoms with Gasteiger partial charge in [0.25, 0.3) is 0 Å². The zero-order valence-electron chi connectivity index (χ0n) is 13.1. The Bertz CT molecular complexity index is 578. The summed E-state index contributed by atoms with van der Waals surface area (Å²) in [5.41, 5.74) is 1.62. The van der Waals surface area contributed by atoms with Crippen molar-refractivity contribution in [2.75, 3.05) is 6.54 Å². The van der Waals surface area contributed by atoms with E-state index in [2.05, 4.69) is 17.0 Å². The standard InChI is InChI=1S/C16H26N2O2S/c1-4-17-11-13-6-5-7-14(10-13)12-21(19,20)18-16(2,3)15-8-9-15/h5-7,10,15,17-18H,4,8-9,11-12H2,1-3H3. The largest absolute Gasteiger partial charge is 0.313 e. The lowest BCUT2D eigenvalue weighted by atomic mass is 10.0. The fourth-order valence-electron chi connectivity index (χ4n) is 2.64. The highest BCUT2D eigenvalue weighted by atomic mass is 32.2. The highest BCUT2D eigenvalue weighted by Gasteiger charge is 2.40. The Morgan fingerprint density at radius 2 is 1.90 bits per heavy atom. The van der Waals surface area contributed by atoms with E-state index in [0.29, 0.717) is 5.92 Å². The first kappa shape index (κ1) is 16.5. The van der Waals surface area contributed by atoms with E-state index in [-0.39, 0.29) is 11.3 Å². The van der Waals surface area contributed by atoms with Gasteiger partial charge in [-0.2, -0.15) is 0 Å². The van der Waals surface area contributed by atoms with Crippen molar-refractivity contribution in [3.8, 4) is 0 Å². The number of sulfonamides is 1. The maximum Gasteiger partial charge on any atom is 0.216 e. The number of rotatable bonds is 8. The van der Waals surface area contributed by atoms with Crippen LogP contribution in [0.25, 0.3) is 0 Å². The highest BCUT2D eigenvalue weighted by Crippen LogP contribution is 2.39. The van der Waals surface area contributed by atoms with E-state index >= 15 is 0 Å². The molecular weight excluding hydrogens is 284 g/mol. The van der Waals surface area contributed by atoms with Crippen LogP contribution in [0.3, 0.4) is 0 Å². The summed E-state index contributed by atoms with van der Waals surface area (Å²) in [7, 11) is -3.31. The minimum atomic E-state index is -3.31. The van der Waals surface area contributed by atoms with Crippen molar-refractivity contribution in [3.05, 3.63) is 35.4 Å². The molecule has 118 valence electrons. The molecule has 0 aromatic heterocycles. The lowest BCUT2D eigenvalue weighted by Crippen LogP contribution is -2.45. The van der Waals surface area contributed by atoms with Gasteiger partial charge in [0, 0.05) is 12.1 Å². The van der Waals surface area contributed by atoms with E-state index in [0.717, 1.165) is 37.1 Å². The molecule has 5 heteroatoms. The van der Waals surface area contributed by atoms with Crippen molar-refractivity contribution in [1.82, 2.24) is 10.0 Å². The summed E-state index contributed by atoms with van der Waals surface area (Å²) in [6.45, 7) is 7.68. The molecule has 1 saturated carbocycles. The molecule has 2 N–H and O–H groups in total. The van der Waals surface area contributed by atoms with Gasteiger partial charge in [-0.05, 0) is 50.3 Å². The monoisotopic (exact) mass is 310 g/mol. The first-order valence-electron chi connectivity index (χ1n) is 7.62. The van der Waals surface area contributed by atoms with Gasteiger partial charge in [-0.3, -0.25) is 0 Å². The summed E-state index contributed by atoms with van der Waals surface area (Å²) in [6.07, 6.45) is 2.24. The van der Waals surface area contributed by atoms with Crippen molar-refractivity contribution in [2.45, 2.75) is 51.4 Å². The Balaban J connectivity index is 2.02. The lowest BCUT2D eigenvalue weighted by molar-refractivity contribution is 0.400. The second-order valence-electron chi connectivity index (χ2n) is 6.46. The van der Waals surface area contributed by atoms with Gasteiger partial charge in [-0.1, -0.05) is 31.2 Å². The molecule has 1 aliphatic rings. The van der Waals surface area contributed by atoms with Crippen LogP contribution in [0.4, 0.5) is 0 Å². The van der Waals surface area contributed by atoms with E-state index < -0.39 is 10.0 Å². The van der Waals surface area contributed by atoms with Gasteiger partial charge in [0.05, 0.1) is 5.75 Å². The molecule has 1 aromatic carbocycles. The Morgan fingerprint density at radius 1 is 1.24 bits per heavy atom. The molecule has 1 aliphatic carbocycles. The smallest absolute Gasteiger partial charge is 0.216 e. The maximum atomic E-state index is 12.3. The van der Waals surface area contributed by atoms with Crippen LogP contribution < -0.4 is 10.0 Å². The van der Waals surface area contributed by atoms with Crippen LogP contribution in [0.5, 0.6) is 0 Å². The molecule has 2 rings (SSSR count). The Kier molecular flexibility index (Phi) is 5.07. The molecule has 0 saturated heterocycles. The molecular formula is C16H26N2O2S. The number of nitrogens with one attached hydrogen (secondary N) is 2. The molecule has 0 atom stereocenters. The molecule has 0 radical (unpaired) electrons.